The predicted molar refractivity (Wildman–Crippen MR) is 140 cm³/mol. The molecule has 3 rings (SSSR count). The molecule has 1 fully saturated rings. The zero-order chi connectivity index (χ0) is 23.6. The van der Waals surface area contributed by atoms with E-state index >= 15 is 0 Å². The summed E-state index contributed by atoms with van der Waals surface area (Å²) in [5, 5.41) is 0. The van der Waals surface area contributed by atoms with E-state index in [1.165, 1.54) is 56.1 Å². The summed E-state index contributed by atoms with van der Waals surface area (Å²) in [5.74, 6) is 1.46. The van der Waals surface area contributed by atoms with E-state index in [0.717, 1.165) is 24.8 Å². The normalized spacial score (nSPS) is 20.7. The second-order valence-corrected chi connectivity index (χ2v) is 10.6. The number of unbranched alkanes of at least 4 members (excludes halogenated alkanes) is 5. The molecular formula is C31H44O2. The number of ether oxygens (including phenoxy) is 1. The van der Waals surface area contributed by atoms with E-state index in [-0.39, 0.29) is 12.1 Å². The van der Waals surface area contributed by atoms with Crippen LogP contribution in [0.25, 0.3) is 11.1 Å². The van der Waals surface area contributed by atoms with E-state index in [1.54, 1.807) is 0 Å². The maximum atomic E-state index is 12.8. The number of benzene rings is 2. The first kappa shape index (κ1) is 25.5. The average molecular weight is 449 g/mol. The number of carbonyl (C=O) groups excluding carboxylic acids is 1. The van der Waals surface area contributed by atoms with E-state index in [1.807, 2.05) is 24.3 Å². The van der Waals surface area contributed by atoms with Gasteiger partial charge in [0.25, 0.3) is 0 Å². The summed E-state index contributed by atoms with van der Waals surface area (Å²) >= 11 is 0. The molecule has 0 heterocycles. The van der Waals surface area contributed by atoms with Crippen LogP contribution in [-0.4, -0.2) is 12.1 Å². The number of aryl methyl sites for hydroxylation is 1. The Balaban J connectivity index is 1.53. The lowest BCUT2D eigenvalue weighted by Crippen LogP contribution is -2.35. The van der Waals surface area contributed by atoms with Crippen molar-refractivity contribution in [3.05, 3.63) is 59.7 Å². The Morgan fingerprint density at radius 1 is 0.879 bits per heavy atom. The Morgan fingerprint density at radius 2 is 1.48 bits per heavy atom. The van der Waals surface area contributed by atoms with E-state index in [0.29, 0.717) is 23.3 Å². The predicted octanol–water partition coefficient (Wildman–Crippen LogP) is 8.87. The van der Waals surface area contributed by atoms with E-state index < -0.39 is 0 Å². The fourth-order valence-electron chi connectivity index (χ4n) is 5.23. The van der Waals surface area contributed by atoms with Crippen LogP contribution in [0.4, 0.5) is 0 Å². The molecule has 0 aliphatic heterocycles. The molecule has 1 aliphatic rings. The van der Waals surface area contributed by atoms with Gasteiger partial charge in [-0.25, -0.2) is 4.79 Å². The molecule has 2 aromatic rings. The van der Waals surface area contributed by atoms with Crippen LogP contribution in [0.3, 0.4) is 0 Å². The summed E-state index contributed by atoms with van der Waals surface area (Å²) < 4.78 is 6.01. The summed E-state index contributed by atoms with van der Waals surface area (Å²) in [7, 11) is 0. The molecule has 1 aliphatic carbocycles. The van der Waals surface area contributed by atoms with Gasteiger partial charge in [0.15, 0.2) is 0 Å². The molecule has 0 N–H and O–H groups in total. The van der Waals surface area contributed by atoms with Crippen LogP contribution in [0.2, 0.25) is 0 Å². The van der Waals surface area contributed by atoms with E-state index in [2.05, 4.69) is 52.0 Å². The fraction of sp³-hybridized carbons (Fsp3) is 0.581. The van der Waals surface area contributed by atoms with Crippen LogP contribution >= 0.6 is 0 Å². The molecule has 1 saturated carbocycles. The third-order valence-electron chi connectivity index (χ3n) is 7.45. The minimum Gasteiger partial charge on any atom is -0.458 e. The highest BCUT2D eigenvalue weighted by molar-refractivity contribution is 5.90. The second-order valence-electron chi connectivity index (χ2n) is 10.6. The lowest BCUT2D eigenvalue weighted by molar-refractivity contribution is -0.0174. The summed E-state index contributed by atoms with van der Waals surface area (Å²) in [5.41, 5.74) is 4.40. The monoisotopic (exact) mass is 448 g/mol. The maximum Gasteiger partial charge on any atom is 0.338 e. The second kappa shape index (κ2) is 13.0. The summed E-state index contributed by atoms with van der Waals surface area (Å²) in [6.07, 6.45) is 12.6. The van der Waals surface area contributed by atoms with Gasteiger partial charge in [0.1, 0.15) is 6.10 Å². The molecule has 180 valence electrons. The molecule has 0 spiro atoms. The van der Waals surface area contributed by atoms with Crippen LogP contribution in [0.15, 0.2) is 48.5 Å². The quantitative estimate of drug-likeness (QED) is 0.253. The molecule has 0 radical (unpaired) electrons. The Bertz CT molecular complexity index is 834. The molecule has 0 bridgehead atoms. The van der Waals surface area contributed by atoms with Crippen LogP contribution in [0.5, 0.6) is 0 Å². The van der Waals surface area contributed by atoms with E-state index in [9.17, 15) is 4.79 Å². The van der Waals surface area contributed by atoms with Crippen molar-refractivity contribution in [3.63, 3.8) is 0 Å². The van der Waals surface area contributed by atoms with Gasteiger partial charge in [-0.05, 0) is 72.3 Å². The van der Waals surface area contributed by atoms with Crippen molar-refractivity contribution in [1.29, 1.82) is 0 Å². The number of hydrogen-bond acceptors (Lipinski definition) is 2. The standard InChI is InChI=1S/C31H44O2/c1-5-6-7-8-9-10-11-25-13-15-26(16-14-25)27-17-19-28(20-18-27)31(32)33-30-22-24(4)12-21-29(30)23(2)3/h13-20,23-24,29-30H,5-12,21-22H2,1-4H3/t24-,29-,30+/m1/s1. The lowest BCUT2D eigenvalue weighted by Gasteiger charge is -2.36. The molecule has 2 nitrogen and oxygen atoms in total. The highest BCUT2D eigenvalue weighted by atomic mass is 16.5. The van der Waals surface area contributed by atoms with Crippen LogP contribution in [0.1, 0.15) is 101 Å². The number of carbonyl (C=O) groups is 1. The molecule has 2 heteroatoms. The van der Waals surface area contributed by atoms with Crippen LogP contribution in [0, 0.1) is 17.8 Å². The van der Waals surface area contributed by atoms with Gasteiger partial charge in [-0.1, -0.05) is 103 Å². The third kappa shape index (κ3) is 7.73. The summed E-state index contributed by atoms with van der Waals surface area (Å²) in [6.45, 7) is 9.02. The lowest BCUT2D eigenvalue weighted by atomic mass is 9.75. The minimum absolute atomic E-state index is 0.0418. The Kier molecular flexibility index (Phi) is 10.0. The molecule has 2 aromatic carbocycles. The Labute approximate surface area is 202 Å². The molecule has 0 unspecified atom stereocenters. The maximum absolute atomic E-state index is 12.8. The average Bonchev–Trinajstić information content (AvgIpc) is 2.81. The largest absolute Gasteiger partial charge is 0.458 e. The van der Waals surface area contributed by atoms with Gasteiger partial charge in [-0.3, -0.25) is 0 Å². The smallest absolute Gasteiger partial charge is 0.338 e. The zero-order valence-electron chi connectivity index (χ0n) is 21.3. The molecule has 33 heavy (non-hydrogen) atoms. The minimum atomic E-state index is -0.180. The van der Waals surface area contributed by atoms with Crippen molar-refractivity contribution in [2.24, 2.45) is 17.8 Å². The highest BCUT2D eigenvalue weighted by Gasteiger charge is 2.33. The van der Waals surface area contributed by atoms with Crippen molar-refractivity contribution in [2.45, 2.75) is 98.0 Å². The number of hydrogen-bond donors (Lipinski definition) is 0. The molecular weight excluding hydrogens is 404 g/mol. The topological polar surface area (TPSA) is 26.3 Å². The molecule has 3 atom stereocenters. The van der Waals surface area contributed by atoms with Crippen molar-refractivity contribution in [2.75, 3.05) is 0 Å². The first-order chi connectivity index (χ1) is 16.0. The third-order valence-corrected chi connectivity index (χ3v) is 7.45. The number of rotatable bonds is 11. The SMILES string of the molecule is CCCCCCCCc1ccc(-c2ccc(C(=O)O[C@H]3C[C@H](C)CC[C@@H]3C(C)C)cc2)cc1. The van der Waals surface area contributed by atoms with Crippen molar-refractivity contribution in [1.82, 2.24) is 0 Å². The first-order valence-corrected chi connectivity index (χ1v) is 13.4. The van der Waals surface area contributed by atoms with Crippen LogP contribution in [-0.2, 0) is 11.2 Å². The number of esters is 1. The van der Waals surface area contributed by atoms with Gasteiger partial charge < -0.3 is 4.74 Å². The Hall–Kier alpha value is -2.09. The van der Waals surface area contributed by atoms with Gasteiger partial charge in [-0.2, -0.15) is 0 Å². The van der Waals surface area contributed by atoms with Gasteiger partial charge in [0.05, 0.1) is 5.56 Å². The van der Waals surface area contributed by atoms with Crippen molar-refractivity contribution in [3.8, 4) is 11.1 Å². The van der Waals surface area contributed by atoms with Crippen molar-refractivity contribution >= 4 is 5.97 Å². The van der Waals surface area contributed by atoms with Gasteiger partial charge >= 0.3 is 5.97 Å². The molecule has 0 saturated heterocycles. The summed E-state index contributed by atoms with van der Waals surface area (Å²) in [6, 6.07) is 16.8. The van der Waals surface area contributed by atoms with Gasteiger partial charge in [0.2, 0.25) is 0 Å². The summed E-state index contributed by atoms with van der Waals surface area (Å²) in [4.78, 5) is 12.8. The molecule has 0 aromatic heterocycles. The fourth-order valence-corrected chi connectivity index (χ4v) is 5.23. The van der Waals surface area contributed by atoms with Crippen molar-refractivity contribution < 1.29 is 9.53 Å². The van der Waals surface area contributed by atoms with E-state index in [4.69, 9.17) is 4.74 Å². The first-order valence-electron chi connectivity index (χ1n) is 13.4. The highest BCUT2D eigenvalue weighted by Crippen LogP contribution is 2.35. The van der Waals surface area contributed by atoms with Gasteiger partial charge in [-0.15, -0.1) is 0 Å². The molecule has 0 amide bonds. The van der Waals surface area contributed by atoms with Crippen LogP contribution < -0.4 is 0 Å². The Morgan fingerprint density at radius 3 is 2.12 bits per heavy atom. The zero-order valence-corrected chi connectivity index (χ0v) is 21.3. The van der Waals surface area contributed by atoms with Gasteiger partial charge in [0, 0.05) is 0 Å².